The third-order valence-electron chi connectivity index (χ3n) is 4.83. The van der Waals surface area contributed by atoms with Crippen LogP contribution in [-0.4, -0.2) is 79.7 Å². The normalized spacial score (nSPS) is 13.2. The van der Waals surface area contributed by atoms with E-state index in [0.717, 1.165) is 4.68 Å². The van der Waals surface area contributed by atoms with Crippen LogP contribution >= 0.6 is 0 Å². The summed E-state index contributed by atoms with van der Waals surface area (Å²) >= 11 is 0. The van der Waals surface area contributed by atoms with Crippen molar-refractivity contribution in [2.45, 2.75) is 15.7 Å². The molecule has 0 aliphatic carbocycles. The highest BCUT2D eigenvalue weighted by atomic mass is 16.4. The summed E-state index contributed by atoms with van der Waals surface area (Å²) in [5.41, 5.74) is 11.4. The van der Waals surface area contributed by atoms with Gasteiger partial charge in [-0.25, -0.2) is 9.97 Å². The SMILES string of the molecule is [B]C([B])([B])C([B])(n1nc(-c2ccc3oc(N)nc3c2)c2c(N)ncnc21)C([B])([B])[B]. The Kier molecular flexibility index (Phi) is 4.38. The smallest absolute Gasteiger partial charge is 0.292 e. The second kappa shape index (κ2) is 6.39. The number of aromatic nitrogens is 5. The number of hydrogen-bond acceptors (Lipinski definition) is 7. The van der Waals surface area contributed by atoms with E-state index in [-0.39, 0.29) is 17.5 Å². The number of oxazole rings is 1. The van der Waals surface area contributed by atoms with Gasteiger partial charge in [0, 0.05) is 5.56 Å². The van der Waals surface area contributed by atoms with E-state index in [9.17, 15) is 0 Å². The highest BCUT2D eigenvalue weighted by molar-refractivity contribution is 6.68. The number of hydrogen-bond donors (Lipinski definition) is 2. The summed E-state index contributed by atoms with van der Waals surface area (Å²) < 4.78 is 6.34. The van der Waals surface area contributed by atoms with Gasteiger partial charge in [0.15, 0.2) is 11.2 Å². The summed E-state index contributed by atoms with van der Waals surface area (Å²) in [6.45, 7) is 0. The summed E-state index contributed by atoms with van der Waals surface area (Å²) in [6, 6.07) is 5.05. The Morgan fingerprint density at radius 2 is 1.60 bits per heavy atom. The van der Waals surface area contributed by atoms with Gasteiger partial charge in [-0.1, -0.05) is 0 Å². The van der Waals surface area contributed by atoms with Gasteiger partial charge in [0.05, 0.1) is 52.5 Å². The Balaban J connectivity index is 2.08. The molecule has 3 heterocycles. The van der Waals surface area contributed by atoms with Gasteiger partial charge < -0.3 is 15.9 Å². The molecule has 130 valence electrons. The van der Waals surface area contributed by atoms with Gasteiger partial charge in [0.1, 0.15) is 31.2 Å². The summed E-state index contributed by atoms with van der Waals surface area (Å²) in [5.74, 6) is 0.0942. The first-order valence-corrected chi connectivity index (χ1v) is 8.53. The van der Waals surface area contributed by atoms with E-state index < -0.39 is 15.7 Å². The van der Waals surface area contributed by atoms with Crippen molar-refractivity contribution < 1.29 is 4.42 Å². The number of nitrogens with zero attached hydrogens (tertiary/aromatic N) is 5. The van der Waals surface area contributed by atoms with Crippen LogP contribution in [0.1, 0.15) is 0 Å². The molecule has 4 N–H and O–H groups in total. The summed E-state index contributed by atoms with van der Waals surface area (Å²) in [6.07, 6.45) is 1.19. The Hall–Kier alpha value is -2.71. The molecule has 1 aromatic carbocycles. The lowest BCUT2D eigenvalue weighted by molar-refractivity contribution is 0.400. The van der Waals surface area contributed by atoms with Gasteiger partial charge >= 0.3 is 0 Å². The fourth-order valence-electron chi connectivity index (χ4n) is 3.26. The molecule has 0 bridgehead atoms. The molecule has 0 fully saturated rings. The summed E-state index contributed by atoms with van der Waals surface area (Å²) in [5, 5.41) is 0.362. The van der Waals surface area contributed by atoms with Crippen LogP contribution in [-0.2, 0) is 5.44 Å². The van der Waals surface area contributed by atoms with Crippen LogP contribution in [0.5, 0.6) is 0 Å². The molecular weight excluding hydrogens is 370 g/mol. The third-order valence-corrected chi connectivity index (χ3v) is 4.83. The van der Waals surface area contributed by atoms with Crippen LogP contribution in [0.3, 0.4) is 0 Å². The maximum atomic E-state index is 6.38. The molecule has 0 saturated heterocycles. The Morgan fingerprint density at radius 1 is 0.933 bits per heavy atom. The van der Waals surface area contributed by atoms with Crippen molar-refractivity contribution in [1.82, 2.24) is 24.7 Å². The molecule has 15 heteroatoms. The second-order valence-corrected chi connectivity index (χ2v) is 7.08. The maximum absolute atomic E-state index is 6.38. The molecule has 30 heavy (non-hydrogen) atoms. The minimum Gasteiger partial charge on any atom is -0.424 e. The van der Waals surface area contributed by atoms with E-state index in [0.29, 0.717) is 27.7 Å². The van der Waals surface area contributed by atoms with Crippen LogP contribution in [0, 0.1) is 0 Å². The predicted octanol–water partition coefficient (Wildman–Crippen LogP) is -1.22. The minimum absolute atomic E-state index is 0.0136. The van der Waals surface area contributed by atoms with Crippen LogP contribution in [0.2, 0.25) is 10.2 Å². The van der Waals surface area contributed by atoms with Crippen molar-refractivity contribution in [2.24, 2.45) is 0 Å². The Morgan fingerprint density at radius 3 is 2.23 bits per heavy atom. The highest BCUT2D eigenvalue weighted by Crippen LogP contribution is 2.48. The molecule has 0 amide bonds. The van der Waals surface area contributed by atoms with E-state index in [4.69, 9.17) is 70.8 Å². The zero-order valence-electron chi connectivity index (χ0n) is 15.6. The van der Waals surface area contributed by atoms with Crippen molar-refractivity contribution in [1.29, 1.82) is 0 Å². The first-order valence-electron chi connectivity index (χ1n) is 8.53. The van der Waals surface area contributed by atoms with Crippen LogP contribution in [0.4, 0.5) is 11.8 Å². The zero-order valence-corrected chi connectivity index (χ0v) is 15.6. The van der Waals surface area contributed by atoms with Crippen LogP contribution < -0.4 is 11.5 Å². The number of rotatable bonds is 4. The predicted molar refractivity (Wildman–Crippen MR) is 121 cm³/mol. The average Bonchev–Trinajstić information content (AvgIpc) is 3.19. The average molecular weight is 378 g/mol. The van der Waals surface area contributed by atoms with Gasteiger partial charge in [-0.2, -0.15) is 10.1 Å². The van der Waals surface area contributed by atoms with Crippen molar-refractivity contribution in [3.05, 3.63) is 24.5 Å². The Bertz CT molecular complexity index is 1260. The summed E-state index contributed by atoms with van der Waals surface area (Å²) in [7, 11) is 41.8. The van der Waals surface area contributed by atoms with Gasteiger partial charge in [-0.15, -0.1) is 10.2 Å². The number of nitrogens with two attached hydrogens (primary N) is 2. The van der Waals surface area contributed by atoms with E-state index in [1.165, 1.54) is 6.33 Å². The van der Waals surface area contributed by atoms with E-state index in [1.54, 1.807) is 18.2 Å². The van der Waals surface area contributed by atoms with E-state index in [1.807, 2.05) is 0 Å². The molecule has 4 rings (SSSR count). The lowest BCUT2D eigenvalue weighted by atomic mass is 9.18. The lowest BCUT2D eigenvalue weighted by Crippen LogP contribution is -2.57. The molecule has 3 aromatic heterocycles. The molecule has 4 aromatic rings. The first-order chi connectivity index (χ1) is 13.8. The number of benzene rings is 1. The number of nitrogen functional groups attached to an aromatic ring is 2. The maximum Gasteiger partial charge on any atom is 0.292 e. The van der Waals surface area contributed by atoms with E-state index >= 15 is 0 Å². The standard InChI is InChI=1S/C15H8B7N7O/c16-13(14(17,18)19,15(20,21)22)29-11-8(10(23)25-4-26-11)9(28-29)5-1-2-7-6(3-5)27-12(24)30-7/h1-4H,(H2,24,27)(H2,23,25,26). The molecule has 14 radical (unpaired) electrons. The molecular formula is C15H8B7N7O. The van der Waals surface area contributed by atoms with E-state index in [2.05, 4.69) is 20.1 Å². The molecule has 0 atom stereocenters. The highest BCUT2D eigenvalue weighted by Gasteiger charge is 2.47. The van der Waals surface area contributed by atoms with Crippen LogP contribution in [0.25, 0.3) is 33.4 Å². The molecule has 0 aliphatic heterocycles. The fraction of sp³-hybridized carbons (Fsp3) is 0.200. The zero-order chi connectivity index (χ0) is 22.1. The topological polar surface area (TPSA) is 122 Å². The van der Waals surface area contributed by atoms with Gasteiger partial charge in [-0.05, 0) is 23.6 Å². The molecule has 0 spiro atoms. The quantitative estimate of drug-likeness (QED) is 0.427. The van der Waals surface area contributed by atoms with Crippen molar-refractivity contribution in [3.63, 3.8) is 0 Å². The van der Waals surface area contributed by atoms with Crippen molar-refractivity contribution >= 4 is 88.9 Å². The Labute approximate surface area is 181 Å². The fourth-order valence-corrected chi connectivity index (χ4v) is 3.26. The first kappa shape index (κ1) is 20.6. The van der Waals surface area contributed by atoms with Crippen molar-refractivity contribution in [2.75, 3.05) is 11.5 Å². The van der Waals surface area contributed by atoms with Gasteiger partial charge in [0.25, 0.3) is 6.01 Å². The van der Waals surface area contributed by atoms with Gasteiger partial charge in [0.2, 0.25) is 0 Å². The van der Waals surface area contributed by atoms with Crippen molar-refractivity contribution in [3.8, 4) is 11.3 Å². The molecule has 0 aliphatic rings. The van der Waals surface area contributed by atoms with Gasteiger partial charge in [-0.3, -0.25) is 4.68 Å². The third kappa shape index (κ3) is 2.86. The second-order valence-electron chi connectivity index (χ2n) is 7.08. The number of fused-ring (bicyclic) bond motifs is 2. The minimum atomic E-state index is -2.22. The van der Waals surface area contributed by atoms with Crippen LogP contribution in [0.15, 0.2) is 28.9 Å². The lowest BCUT2D eigenvalue weighted by Gasteiger charge is -2.55. The monoisotopic (exact) mass is 379 g/mol. The molecule has 8 nitrogen and oxygen atoms in total. The summed E-state index contributed by atoms with van der Waals surface area (Å²) in [4.78, 5) is 12.3. The largest absolute Gasteiger partial charge is 0.424 e. The molecule has 0 unspecified atom stereocenters. The number of anilines is 2. The molecule has 0 saturated carbocycles.